The molecule has 0 aliphatic carbocycles. The summed E-state index contributed by atoms with van der Waals surface area (Å²) in [7, 11) is 0. The minimum Gasteiger partial charge on any atom is -0.363 e. The number of nitrogens with two attached hydrogens (primary N) is 1. The van der Waals surface area contributed by atoms with Crippen molar-refractivity contribution in [3.63, 3.8) is 0 Å². The number of nitro benzene ring substituents is 1. The van der Waals surface area contributed by atoms with Crippen molar-refractivity contribution in [2.75, 3.05) is 18.0 Å². The van der Waals surface area contributed by atoms with E-state index in [9.17, 15) is 10.1 Å². The summed E-state index contributed by atoms with van der Waals surface area (Å²) in [6.45, 7) is 1.39. The molecule has 0 amide bonds. The van der Waals surface area contributed by atoms with Gasteiger partial charge in [-0.15, -0.1) is 0 Å². The molecule has 2 rings (SSSR count). The second kappa shape index (κ2) is 3.93. The molecule has 6 heteroatoms. The zero-order valence-electron chi connectivity index (χ0n) is 7.89. The topological polar surface area (TPSA) is 72.4 Å². The van der Waals surface area contributed by atoms with Gasteiger partial charge in [-0.05, 0) is 34.7 Å². The highest BCUT2D eigenvalue weighted by Gasteiger charge is 2.28. The van der Waals surface area contributed by atoms with Crippen LogP contribution >= 0.6 is 22.6 Å². The standard InChI is InChI=1S/C9H10IN3O2/c10-6-1-2-8(9(3-6)13(14)15)12-4-7(11)5-12/h1-3,7H,4-5,11H2. The van der Waals surface area contributed by atoms with E-state index in [1.54, 1.807) is 12.1 Å². The monoisotopic (exact) mass is 319 g/mol. The molecule has 0 spiro atoms. The fourth-order valence-electron chi connectivity index (χ4n) is 1.62. The van der Waals surface area contributed by atoms with Gasteiger partial charge < -0.3 is 10.6 Å². The maximum absolute atomic E-state index is 10.8. The molecule has 0 unspecified atom stereocenters. The summed E-state index contributed by atoms with van der Waals surface area (Å²) in [5.74, 6) is 0. The Morgan fingerprint density at radius 2 is 2.20 bits per heavy atom. The molecule has 1 aromatic carbocycles. The van der Waals surface area contributed by atoms with E-state index >= 15 is 0 Å². The Balaban J connectivity index is 2.34. The van der Waals surface area contributed by atoms with Gasteiger partial charge in [-0.3, -0.25) is 10.1 Å². The van der Waals surface area contributed by atoms with E-state index in [0.29, 0.717) is 18.8 Å². The predicted molar refractivity (Wildman–Crippen MR) is 66.0 cm³/mol. The van der Waals surface area contributed by atoms with Crippen LogP contribution in [0.2, 0.25) is 0 Å². The first kappa shape index (κ1) is 10.6. The number of benzene rings is 1. The number of hydrogen-bond donors (Lipinski definition) is 1. The fourth-order valence-corrected chi connectivity index (χ4v) is 2.09. The van der Waals surface area contributed by atoms with E-state index in [1.165, 1.54) is 0 Å². The van der Waals surface area contributed by atoms with Crippen LogP contribution in [0.3, 0.4) is 0 Å². The van der Waals surface area contributed by atoms with Gasteiger partial charge in [0.15, 0.2) is 0 Å². The van der Waals surface area contributed by atoms with Crippen molar-refractivity contribution in [2.45, 2.75) is 6.04 Å². The molecule has 1 heterocycles. The number of rotatable bonds is 2. The van der Waals surface area contributed by atoms with Crippen LogP contribution in [0.4, 0.5) is 11.4 Å². The summed E-state index contributed by atoms with van der Waals surface area (Å²) in [5, 5.41) is 10.8. The summed E-state index contributed by atoms with van der Waals surface area (Å²) in [6.07, 6.45) is 0. The van der Waals surface area contributed by atoms with Crippen LogP contribution in [-0.4, -0.2) is 24.1 Å². The van der Waals surface area contributed by atoms with Gasteiger partial charge in [0.1, 0.15) is 5.69 Å². The Hall–Kier alpha value is -0.890. The number of hydrogen-bond acceptors (Lipinski definition) is 4. The van der Waals surface area contributed by atoms with Crippen LogP contribution in [0.15, 0.2) is 18.2 Å². The van der Waals surface area contributed by atoms with Gasteiger partial charge in [0.05, 0.1) is 4.92 Å². The molecular weight excluding hydrogens is 309 g/mol. The highest BCUT2D eigenvalue weighted by Crippen LogP contribution is 2.32. The molecular formula is C9H10IN3O2. The largest absolute Gasteiger partial charge is 0.363 e. The van der Waals surface area contributed by atoms with Crippen LogP contribution in [0.25, 0.3) is 0 Å². The first-order valence-electron chi connectivity index (χ1n) is 4.52. The Bertz CT molecular complexity index is 404. The van der Waals surface area contributed by atoms with Gasteiger partial charge in [0, 0.05) is 28.8 Å². The molecule has 0 bridgehead atoms. The van der Waals surface area contributed by atoms with E-state index < -0.39 is 0 Å². The molecule has 1 aliphatic rings. The molecule has 15 heavy (non-hydrogen) atoms. The quantitative estimate of drug-likeness (QED) is 0.507. The highest BCUT2D eigenvalue weighted by molar-refractivity contribution is 14.1. The van der Waals surface area contributed by atoms with E-state index in [1.807, 2.05) is 11.0 Å². The van der Waals surface area contributed by atoms with Crippen molar-refractivity contribution in [1.82, 2.24) is 0 Å². The molecule has 2 N–H and O–H groups in total. The molecule has 1 aromatic rings. The molecule has 1 saturated heterocycles. The number of nitro groups is 1. The molecule has 80 valence electrons. The van der Waals surface area contributed by atoms with Crippen molar-refractivity contribution < 1.29 is 4.92 Å². The minimum atomic E-state index is -0.346. The molecule has 0 radical (unpaired) electrons. The van der Waals surface area contributed by atoms with Crippen molar-refractivity contribution in [3.8, 4) is 0 Å². The second-order valence-corrected chi connectivity index (χ2v) is 4.80. The average molecular weight is 319 g/mol. The number of anilines is 1. The molecule has 0 atom stereocenters. The van der Waals surface area contributed by atoms with Crippen molar-refractivity contribution >= 4 is 34.0 Å². The lowest BCUT2D eigenvalue weighted by Crippen LogP contribution is -2.56. The maximum Gasteiger partial charge on any atom is 0.293 e. The van der Waals surface area contributed by atoms with Gasteiger partial charge in [-0.1, -0.05) is 0 Å². The molecule has 1 aliphatic heterocycles. The third kappa shape index (κ3) is 2.05. The van der Waals surface area contributed by atoms with Gasteiger partial charge in [0.2, 0.25) is 0 Å². The Morgan fingerprint density at radius 1 is 1.53 bits per heavy atom. The van der Waals surface area contributed by atoms with Crippen LogP contribution in [0.1, 0.15) is 0 Å². The van der Waals surface area contributed by atoms with Crippen LogP contribution in [0, 0.1) is 13.7 Å². The van der Waals surface area contributed by atoms with Gasteiger partial charge in [-0.2, -0.15) is 0 Å². The fraction of sp³-hybridized carbons (Fsp3) is 0.333. The molecule has 5 nitrogen and oxygen atoms in total. The number of halogens is 1. The first-order chi connectivity index (χ1) is 7.08. The first-order valence-corrected chi connectivity index (χ1v) is 5.60. The predicted octanol–water partition coefficient (Wildman–Crippen LogP) is 1.35. The maximum atomic E-state index is 10.8. The van der Waals surface area contributed by atoms with Crippen molar-refractivity contribution in [1.29, 1.82) is 0 Å². The third-order valence-electron chi connectivity index (χ3n) is 2.38. The van der Waals surface area contributed by atoms with Crippen molar-refractivity contribution in [3.05, 3.63) is 31.9 Å². The summed E-state index contributed by atoms with van der Waals surface area (Å²) < 4.78 is 0.868. The summed E-state index contributed by atoms with van der Waals surface area (Å²) in [5.41, 5.74) is 6.48. The van der Waals surface area contributed by atoms with E-state index in [0.717, 1.165) is 3.57 Å². The summed E-state index contributed by atoms with van der Waals surface area (Å²) in [6, 6.07) is 5.38. The van der Waals surface area contributed by atoms with Gasteiger partial charge in [0.25, 0.3) is 5.69 Å². The smallest absolute Gasteiger partial charge is 0.293 e. The Kier molecular flexibility index (Phi) is 2.79. The highest BCUT2D eigenvalue weighted by atomic mass is 127. The lowest BCUT2D eigenvalue weighted by molar-refractivity contribution is -0.384. The average Bonchev–Trinajstić information content (AvgIpc) is 2.13. The van der Waals surface area contributed by atoms with E-state index in [2.05, 4.69) is 22.6 Å². The third-order valence-corrected chi connectivity index (χ3v) is 3.06. The van der Waals surface area contributed by atoms with E-state index in [4.69, 9.17) is 5.73 Å². The lowest BCUT2D eigenvalue weighted by atomic mass is 10.1. The second-order valence-electron chi connectivity index (χ2n) is 3.56. The SMILES string of the molecule is NC1CN(c2ccc(I)cc2[N+](=O)[O-])C1. The minimum absolute atomic E-state index is 0.142. The van der Waals surface area contributed by atoms with Crippen LogP contribution in [0.5, 0.6) is 0 Å². The molecule has 0 aromatic heterocycles. The normalized spacial score (nSPS) is 16.3. The zero-order chi connectivity index (χ0) is 11.0. The van der Waals surface area contributed by atoms with Crippen LogP contribution < -0.4 is 10.6 Å². The summed E-state index contributed by atoms with van der Waals surface area (Å²) >= 11 is 2.07. The molecule has 1 fully saturated rings. The lowest BCUT2D eigenvalue weighted by Gasteiger charge is -2.38. The van der Waals surface area contributed by atoms with Gasteiger partial charge >= 0.3 is 0 Å². The molecule has 0 saturated carbocycles. The van der Waals surface area contributed by atoms with Crippen molar-refractivity contribution in [2.24, 2.45) is 5.73 Å². The number of nitrogens with zero attached hydrogens (tertiary/aromatic N) is 2. The zero-order valence-corrected chi connectivity index (χ0v) is 10.0. The van der Waals surface area contributed by atoms with Crippen LogP contribution in [-0.2, 0) is 0 Å². The summed E-state index contributed by atoms with van der Waals surface area (Å²) in [4.78, 5) is 12.4. The van der Waals surface area contributed by atoms with E-state index in [-0.39, 0.29) is 16.7 Å². The Labute approximate surface area is 101 Å². The Morgan fingerprint density at radius 3 is 2.73 bits per heavy atom. The van der Waals surface area contributed by atoms with Gasteiger partial charge in [-0.25, -0.2) is 0 Å².